The normalized spacial score (nSPS) is 23.3. The third kappa shape index (κ3) is 2.90. The molecule has 0 amide bonds. The van der Waals surface area contributed by atoms with Gasteiger partial charge in [0.2, 0.25) is 6.79 Å². The molecule has 0 bridgehead atoms. The summed E-state index contributed by atoms with van der Waals surface area (Å²) < 4.78 is 17.5. The van der Waals surface area contributed by atoms with Crippen molar-refractivity contribution in [2.24, 2.45) is 5.73 Å². The molecule has 116 valence electrons. The molecule has 0 spiro atoms. The second-order valence-electron chi connectivity index (χ2n) is 5.36. The first kappa shape index (κ1) is 15.1. The van der Waals surface area contributed by atoms with E-state index in [0.717, 1.165) is 47.7 Å². The molecule has 2 unspecified atom stereocenters. The number of nitrogens with zero attached hydrogens (tertiary/aromatic N) is 1. The minimum atomic E-state index is 0.171. The average molecular weight is 357 g/mol. The Kier molecular flexibility index (Phi) is 4.69. The largest absolute Gasteiger partial charge is 0.454 e. The number of hydrogen-bond donors (Lipinski definition) is 1. The SMILES string of the molecule is CCC1COCCN1C(CN)c1cc(Br)c2c(c1)OCO2. The molecule has 2 atom stereocenters. The van der Waals surface area contributed by atoms with Crippen molar-refractivity contribution in [3.63, 3.8) is 0 Å². The fraction of sp³-hybridized carbons (Fsp3) is 0.600. The van der Waals surface area contributed by atoms with Crippen LogP contribution in [-0.2, 0) is 4.74 Å². The number of hydrogen-bond acceptors (Lipinski definition) is 5. The molecule has 1 aromatic carbocycles. The van der Waals surface area contributed by atoms with Crippen molar-refractivity contribution in [3.05, 3.63) is 22.2 Å². The maximum absolute atomic E-state index is 6.08. The zero-order valence-electron chi connectivity index (χ0n) is 12.2. The van der Waals surface area contributed by atoms with Crippen molar-refractivity contribution < 1.29 is 14.2 Å². The lowest BCUT2D eigenvalue weighted by Gasteiger charge is -2.40. The molecule has 2 N–H and O–H groups in total. The minimum Gasteiger partial charge on any atom is -0.454 e. The maximum atomic E-state index is 6.08. The van der Waals surface area contributed by atoms with Crippen LogP contribution in [0, 0.1) is 0 Å². The first-order valence-corrected chi connectivity index (χ1v) is 8.16. The van der Waals surface area contributed by atoms with E-state index in [1.54, 1.807) is 0 Å². The first-order valence-electron chi connectivity index (χ1n) is 7.37. The molecule has 0 saturated carbocycles. The molecule has 5 nitrogen and oxygen atoms in total. The van der Waals surface area contributed by atoms with E-state index in [2.05, 4.69) is 33.8 Å². The lowest BCUT2D eigenvalue weighted by atomic mass is 10.0. The Morgan fingerprint density at radius 3 is 3.05 bits per heavy atom. The van der Waals surface area contributed by atoms with Crippen molar-refractivity contribution >= 4 is 15.9 Å². The number of fused-ring (bicyclic) bond motifs is 1. The summed E-state index contributed by atoms with van der Waals surface area (Å²) in [6.45, 7) is 5.49. The number of halogens is 1. The highest BCUT2D eigenvalue weighted by molar-refractivity contribution is 9.10. The quantitative estimate of drug-likeness (QED) is 0.896. The highest BCUT2D eigenvalue weighted by atomic mass is 79.9. The lowest BCUT2D eigenvalue weighted by Crippen LogP contribution is -2.48. The monoisotopic (exact) mass is 356 g/mol. The molecule has 0 radical (unpaired) electrons. The number of morpholine rings is 1. The minimum absolute atomic E-state index is 0.171. The summed E-state index contributed by atoms with van der Waals surface area (Å²) in [6.07, 6.45) is 1.06. The molecule has 21 heavy (non-hydrogen) atoms. The van der Waals surface area contributed by atoms with Gasteiger partial charge in [-0.2, -0.15) is 0 Å². The summed E-state index contributed by atoms with van der Waals surface area (Å²) in [5, 5.41) is 0. The van der Waals surface area contributed by atoms with Gasteiger partial charge >= 0.3 is 0 Å². The lowest BCUT2D eigenvalue weighted by molar-refractivity contribution is -0.0291. The molecule has 0 aromatic heterocycles. The van der Waals surface area contributed by atoms with E-state index in [1.165, 1.54) is 0 Å². The van der Waals surface area contributed by atoms with Crippen LogP contribution >= 0.6 is 15.9 Å². The van der Waals surface area contributed by atoms with E-state index in [4.69, 9.17) is 19.9 Å². The van der Waals surface area contributed by atoms with Crippen LogP contribution in [0.4, 0.5) is 0 Å². The van der Waals surface area contributed by atoms with Gasteiger partial charge < -0.3 is 19.9 Å². The van der Waals surface area contributed by atoms with Crippen molar-refractivity contribution in [3.8, 4) is 11.5 Å². The van der Waals surface area contributed by atoms with Gasteiger partial charge in [0.15, 0.2) is 11.5 Å². The van der Waals surface area contributed by atoms with Crippen LogP contribution in [0.3, 0.4) is 0 Å². The van der Waals surface area contributed by atoms with E-state index in [0.29, 0.717) is 12.6 Å². The van der Waals surface area contributed by atoms with Crippen LogP contribution in [0.5, 0.6) is 11.5 Å². The molecule has 1 aromatic rings. The van der Waals surface area contributed by atoms with Crippen LogP contribution in [0.2, 0.25) is 0 Å². The van der Waals surface area contributed by atoms with Crippen LogP contribution < -0.4 is 15.2 Å². The van der Waals surface area contributed by atoms with Gasteiger partial charge in [-0.05, 0) is 40.0 Å². The average Bonchev–Trinajstić information content (AvgIpc) is 2.98. The molecule has 3 rings (SSSR count). The Morgan fingerprint density at radius 2 is 2.29 bits per heavy atom. The van der Waals surface area contributed by atoms with E-state index in [-0.39, 0.29) is 12.8 Å². The van der Waals surface area contributed by atoms with Gasteiger partial charge in [0, 0.05) is 25.2 Å². The van der Waals surface area contributed by atoms with E-state index >= 15 is 0 Å². The molecule has 1 fully saturated rings. The van der Waals surface area contributed by atoms with Gasteiger partial charge in [-0.15, -0.1) is 0 Å². The van der Waals surface area contributed by atoms with Crippen LogP contribution in [0.1, 0.15) is 24.9 Å². The second kappa shape index (κ2) is 6.52. The number of rotatable bonds is 4. The van der Waals surface area contributed by atoms with Crippen molar-refractivity contribution in [2.45, 2.75) is 25.4 Å². The molecule has 2 aliphatic heterocycles. The maximum Gasteiger partial charge on any atom is 0.231 e. The number of benzene rings is 1. The highest BCUT2D eigenvalue weighted by Gasteiger charge is 2.30. The molecule has 2 heterocycles. The third-order valence-electron chi connectivity index (χ3n) is 4.20. The van der Waals surface area contributed by atoms with Gasteiger partial charge in [0.25, 0.3) is 0 Å². The third-order valence-corrected chi connectivity index (χ3v) is 4.79. The van der Waals surface area contributed by atoms with Gasteiger partial charge in [0.05, 0.1) is 17.7 Å². The standard InChI is InChI=1S/C15H21BrN2O3/c1-2-11-8-19-4-3-18(11)13(7-17)10-5-12(16)15-14(6-10)20-9-21-15/h5-6,11,13H,2-4,7-9,17H2,1H3. The summed E-state index contributed by atoms with van der Waals surface area (Å²) in [5.41, 5.74) is 7.24. The Hall–Kier alpha value is -0.820. The summed E-state index contributed by atoms with van der Waals surface area (Å²) in [4.78, 5) is 2.45. The predicted molar refractivity (Wildman–Crippen MR) is 83.7 cm³/mol. The summed E-state index contributed by atoms with van der Waals surface area (Å²) >= 11 is 3.56. The summed E-state index contributed by atoms with van der Waals surface area (Å²) in [5.74, 6) is 1.57. The molecular weight excluding hydrogens is 336 g/mol. The zero-order chi connectivity index (χ0) is 14.8. The smallest absolute Gasteiger partial charge is 0.231 e. The van der Waals surface area contributed by atoms with Crippen molar-refractivity contribution in [2.75, 3.05) is 33.1 Å². The van der Waals surface area contributed by atoms with Gasteiger partial charge in [-0.3, -0.25) is 4.90 Å². The Bertz CT molecular complexity index is 512. The van der Waals surface area contributed by atoms with Crippen LogP contribution in [0.25, 0.3) is 0 Å². The molecule has 2 aliphatic rings. The van der Waals surface area contributed by atoms with Gasteiger partial charge in [-0.25, -0.2) is 0 Å². The molecule has 6 heteroatoms. The van der Waals surface area contributed by atoms with Gasteiger partial charge in [0.1, 0.15) is 0 Å². The van der Waals surface area contributed by atoms with E-state index in [9.17, 15) is 0 Å². The van der Waals surface area contributed by atoms with Gasteiger partial charge in [-0.1, -0.05) is 6.92 Å². The predicted octanol–water partition coefficient (Wildman–Crippen LogP) is 2.29. The first-order chi connectivity index (χ1) is 10.2. The topological polar surface area (TPSA) is 57.0 Å². The Morgan fingerprint density at radius 1 is 1.43 bits per heavy atom. The van der Waals surface area contributed by atoms with Crippen molar-refractivity contribution in [1.82, 2.24) is 4.90 Å². The zero-order valence-corrected chi connectivity index (χ0v) is 13.8. The Labute approximate surface area is 133 Å². The van der Waals surface area contributed by atoms with Crippen LogP contribution in [0.15, 0.2) is 16.6 Å². The summed E-state index contributed by atoms with van der Waals surface area (Å²) in [7, 11) is 0. The fourth-order valence-electron chi connectivity index (χ4n) is 3.07. The van der Waals surface area contributed by atoms with Crippen LogP contribution in [-0.4, -0.2) is 44.0 Å². The van der Waals surface area contributed by atoms with E-state index < -0.39 is 0 Å². The van der Waals surface area contributed by atoms with Crippen molar-refractivity contribution in [1.29, 1.82) is 0 Å². The molecular formula is C15H21BrN2O3. The fourth-order valence-corrected chi connectivity index (χ4v) is 3.65. The molecule has 1 saturated heterocycles. The molecule has 0 aliphatic carbocycles. The second-order valence-corrected chi connectivity index (χ2v) is 6.22. The Balaban J connectivity index is 1.90. The highest BCUT2D eigenvalue weighted by Crippen LogP contribution is 2.42. The number of ether oxygens (including phenoxy) is 3. The number of nitrogens with two attached hydrogens (primary N) is 1. The van der Waals surface area contributed by atoms with E-state index in [1.807, 2.05) is 6.07 Å². The summed E-state index contributed by atoms with van der Waals surface area (Å²) in [6, 6.07) is 4.72.